The second-order valence-electron chi connectivity index (χ2n) is 7.75. The fourth-order valence-corrected chi connectivity index (χ4v) is 4.69. The summed E-state index contributed by atoms with van der Waals surface area (Å²) in [5.41, 5.74) is 10.4. The second-order valence-corrected chi connectivity index (χ2v) is 7.75. The van der Waals surface area contributed by atoms with Gasteiger partial charge in [0.2, 0.25) is 0 Å². The van der Waals surface area contributed by atoms with E-state index < -0.39 is 0 Å². The topological polar surface area (TPSA) is 12.0 Å². The first-order chi connectivity index (χ1) is 13.4. The Labute approximate surface area is 161 Å². The molecule has 134 valence electrons. The van der Waals surface area contributed by atoms with Crippen molar-refractivity contribution in [3.8, 4) is 0 Å². The van der Waals surface area contributed by atoms with Crippen LogP contribution < -0.4 is 5.32 Å². The van der Waals surface area contributed by atoms with Crippen LogP contribution in [0.5, 0.6) is 0 Å². The van der Waals surface area contributed by atoms with Crippen LogP contribution in [0.2, 0.25) is 0 Å². The molecule has 0 radical (unpaired) electrons. The van der Waals surface area contributed by atoms with Gasteiger partial charge in [0, 0.05) is 12.6 Å². The van der Waals surface area contributed by atoms with Gasteiger partial charge in [0.1, 0.15) is 0 Å². The second kappa shape index (κ2) is 7.17. The number of hydrogen-bond acceptors (Lipinski definition) is 1. The van der Waals surface area contributed by atoms with Gasteiger partial charge in [0.05, 0.1) is 0 Å². The highest BCUT2D eigenvalue weighted by atomic mass is 14.9. The molecule has 27 heavy (non-hydrogen) atoms. The van der Waals surface area contributed by atoms with Crippen LogP contribution in [0.15, 0.2) is 78.9 Å². The Morgan fingerprint density at radius 2 is 1.33 bits per heavy atom. The number of nitrogens with one attached hydrogen (secondary N) is 1. The van der Waals surface area contributed by atoms with E-state index >= 15 is 0 Å². The highest BCUT2D eigenvalue weighted by molar-refractivity contribution is 5.95. The van der Waals surface area contributed by atoms with Gasteiger partial charge in [-0.25, -0.2) is 0 Å². The zero-order valence-corrected chi connectivity index (χ0v) is 15.6. The van der Waals surface area contributed by atoms with Crippen molar-refractivity contribution in [1.29, 1.82) is 0 Å². The highest BCUT2D eigenvalue weighted by Crippen LogP contribution is 2.43. The van der Waals surface area contributed by atoms with Crippen molar-refractivity contribution in [1.82, 2.24) is 5.32 Å². The van der Waals surface area contributed by atoms with Crippen molar-refractivity contribution >= 4 is 11.1 Å². The Kier molecular flexibility index (Phi) is 4.39. The van der Waals surface area contributed by atoms with Crippen molar-refractivity contribution in [2.24, 2.45) is 0 Å². The van der Waals surface area contributed by atoms with E-state index in [2.05, 4.69) is 84.2 Å². The summed E-state index contributed by atoms with van der Waals surface area (Å²) in [5, 5.41) is 3.81. The van der Waals surface area contributed by atoms with Crippen LogP contribution in [0.25, 0.3) is 11.1 Å². The molecule has 0 fully saturated rings. The number of hydrogen-bond donors (Lipinski definition) is 1. The average Bonchev–Trinajstić information content (AvgIpc) is 2.87. The van der Waals surface area contributed by atoms with Gasteiger partial charge < -0.3 is 5.32 Å². The summed E-state index contributed by atoms with van der Waals surface area (Å²) in [4.78, 5) is 0. The Morgan fingerprint density at radius 1 is 0.704 bits per heavy atom. The fraction of sp³-hybridized carbons (Fsp3) is 0.231. The SMILES string of the molecule is c1ccc(CNC2CCC3=C(C2)c2ccccc2Cc2ccccc23)cc1. The van der Waals surface area contributed by atoms with Gasteiger partial charge in [0.15, 0.2) is 0 Å². The van der Waals surface area contributed by atoms with E-state index in [0.29, 0.717) is 6.04 Å². The lowest BCUT2D eigenvalue weighted by Crippen LogP contribution is -2.31. The van der Waals surface area contributed by atoms with Crippen LogP contribution in [-0.2, 0) is 13.0 Å². The first-order valence-electron chi connectivity index (χ1n) is 10.0. The smallest absolute Gasteiger partial charge is 0.0208 e. The fourth-order valence-electron chi connectivity index (χ4n) is 4.69. The number of fused-ring (bicyclic) bond motifs is 4. The van der Waals surface area contributed by atoms with E-state index in [1.165, 1.54) is 34.2 Å². The van der Waals surface area contributed by atoms with Crippen LogP contribution in [0, 0.1) is 0 Å². The minimum absolute atomic E-state index is 0.544. The molecule has 0 saturated heterocycles. The molecular weight excluding hydrogens is 326 g/mol. The molecule has 1 N–H and O–H groups in total. The van der Waals surface area contributed by atoms with Crippen molar-refractivity contribution in [2.45, 2.75) is 38.3 Å². The molecule has 0 aliphatic heterocycles. The summed E-state index contributed by atoms with van der Waals surface area (Å²) >= 11 is 0. The molecule has 0 aromatic heterocycles. The Hall–Kier alpha value is -2.64. The highest BCUT2D eigenvalue weighted by Gasteiger charge is 2.27. The first-order valence-corrected chi connectivity index (χ1v) is 10.0. The van der Waals surface area contributed by atoms with Crippen molar-refractivity contribution in [3.63, 3.8) is 0 Å². The lowest BCUT2D eigenvalue weighted by atomic mass is 9.81. The maximum absolute atomic E-state index is 3.81. The molecule has 5 rings (SSSR count). The van der Waals surface area contributed by atoms with Gasteiger partial charge in [-0.2, -0.15) is 0 Å². The zero-order valence-electron chi connectivity index (χ0n) is 15.6. The summed E-state index contributed by atoms with van der Waals surface area (Å²) < 4.78 is 0. The summed E-state index contributed by atoms with van der Waals surface area (Å²) in [6, 6.07) is 29.3. The third-order valence-electron chi connectivity index (χ3n) is 6.06. The Balaban J connectivity index is 1.48. The third-order valence-corrected chi connectivity index (χ3v) is 6.06. The van der Waals surface area contributed by atoms with Gasteiger partial charge in [-0.3, -0.25) is 0 Å². The van der Waals surface area contributed by atoms with Crippen LogP contribution in [0.1, 0.15) is 47.1 Å². The van der Waals surface area contributed by atoms with Crippen LogP contribution in [0.4, 0.5) is 0 Å². The first kappa shape index (κ1) is 16.5. The van der Waals surface area contributed by atoms with Crippen molar-refractivity contribution in [3.05, 3.63) is 107 Å². The summed E-state index contributed by atoms with van der Waals surface area (Å²) in [5.74, 6) is 0. The predicted molar refractivity (Wildman–Crippen MR) is 113 cm³/mol. The number of benzene rings is 3. The maximum Gasteiger partial charge on any atom is 0.0208 e. The molecule has 0 amide bonds. The van der Waals surface area contributed by atoms with Gasteiger partial charge in [-0.1, -0.05) is 78.9 Å². The van der Waals surface area contributed by atoms with E-state index in [0.717, 1.165) is 25.8 Å². The lowest BCUT2D eigenvalue weighted by Gasteiger charge is -2.29. The standard InChI is InChI=1S/C26H25N/c1-2-8-19(9-3-1)18-27-22-14-15-25-23-12-6-4-10-20(23)16-21-11-5-7-13-24(21)26(25)17-22/h1-13,22,27H,14-18H2. The van der Waals surface area contributed by atoms with Gasteiger partial charge in [-0.15, -0.1) is 0 Å². The van der Waals surface area contributed by atoms with Crippen LogP contribution >= 0.6 is 0 Å². The molecule has 0 saturated carbocycles. The van der Waals surface area contributed by atoms with Crippen molar-refractivity contribution in [2.75, 3.05) is 0 Å². The number of allylic oxidation sites excluding steroid dienone is 1. The molecule has 2 aliphatic rings. The number of rotatable bonds is 3. The molecule has 0 spiro atoms. The molecule has 1 nitrogen and oxygen atoms in total. The molecular formula is C26H25N. The zero-order chi connectivity index (χ0) is 18.1. The monoisotopic (exact) mass is 351 g/mol. The minimum atomic E-state index is 0.544. The molecule has 1 heteroatoms. The minimum Gasteiger partial charge on any atom is -0.310 e. The van der Waals surface area contributed by atoms with Gasteiger partial charge in [0.25, 0.3) is 0 Å². The summed E-state index contributed by atoms with van der Waals surface area (Å²) in [6.07, 6.45) is 4.53. The van der Waals surface area contributed by atoms with Crippen LogP contribution in [-0.4, -0.2) is 6.04 Å². The average molecular weight is 351 g/mol. The lowest BCUT2D eigenvalue weighted by molar-refractivity contribution is 0.484. The molecule has 0 heterocycles. The van der Waals surface area contributed by atoms with E-state index in [4.69, 9.17) is 0 Å². The van der Waals surface area contributed by atoms with E-state index in [1.54, 1.807) is 11.1 Å². The molecule has 0 bridgehead atoms. The Bertz CT molecular complexity index is 984. The van der Waals surface area contributed by atoms with E-state index in [9.17, 15) is 0 Å². The largest absolute Gasteiger partial charge is 0.310 e. The van der Waals surface area contributed by atoms with E-state index in [-0.39, 0.29) is 0 Å². The maximum atomic E-state index is 3.81. The van der Waals surface area contributed by atoms with Gasteiger partial charge >= 0.3 is 0 Å². The van der Waals surface area contributed by atoms with E-state index in [1.807, 2.05) is 0 Å². The quantitative estimate of drug-likeness (QED) is 0.625. The van der Waals surface area contributed by atoms with Crippen LogP contribution in [0.3, 0.4) is 0 Å². The third kappa shape index (κ3) is 3.24. The molecule has 3 aromatic carbocycles. The van der Waals surface area contributed by atoms with Crippen molar-refractivity contribution < 1.29 is 0 Å². The normalized spacial score (nSPS) is 18.3. The van der Waals surface area contributed by atoms with Gasteiger partial charge in [-0.05, 0) is 64.6 Å². The molecule has 2 aliphatic carbocycles. The predicted octanol–water partition coefficient (Wildman–Crippen LogP) is 5.84. The molecule has 3 aromatic rings. The molecule has 1 atom stereocenters. The molecule has 1 unspecified atom stereocenters. The summed E-state index contributed by atoms with van der Waals surface area (Å²) in [7, 11) is 0. The Morgan fingerprint density at radius 3 is 2.07 bits per heavy atom. The summed E-state index contributed by atoms with van der Waals surface area (Å²) in [6.45, 7) is 0.951.